The molecule has 1 aromatic rings. The second kappa shape index (κ2) is 3.70. The fraction of sp³-hybridized carbons (Fsp3) is 0.364. The maximum Gasteiger partial charge on any atom is 0.315 e. The van der Waals surface area contributed by atoms with Crippen LogP contribution in [0.4, 0.5) is 4.79 Å². The Morgan fingerprint density at radius 2 is 1.93 bits per heavy atom. The van der Waals surface area contributed by atoms with Gasteiger partial charge in [0.1, 0.15) is 0 Å². The Kier molecular flexibility index (Phi) is 2.39. The van der Waals surface area contributed by atoms with Crippen molar-refractivity contribution in [1.82, 2.24) is 10.6 Å². The van der Waals surface area contributed by atoms with E-state index in [9.17, 15) is 4.79 Å². The van der Waals surface area contributed by atoms with Crippen molar-refractivity contribution in [1.29, 1.82) is 0 Å². The van der Waals surface area contributed by atoms with Crippen LogP contribution >= 0.6 is 0 Å². The molecule has 0 aliphatic carbocycles. The SMILES string of the molecule is CCC1NC(=O)NC1c1ccccc1. The van der Waals surface area contributed by atoms with Gasteiger partial charge in [-0.2, -0.15) is 0 Å². The third-order valence-electron chi connectivity index (χ3n) is 2.60. The van der Waals surface area contributed by atoms with Gasteiger partial charge in [0.05, 0.1) is 12.1 Å². The minimum Gasteiger partial charge on any atom is -0.333 e. The summed E-state index contributed by atoms with van der Waals surface area (Å²) in [6.45, 7) is 2.08. The van der Waals surface area contributed by atoms with Crippen molar-refractivity contribution in [2.45, 2.75) is 25.4 Å². The molecule has 3 nitrogen and oxygen atoms in total. The summed E-state index contributed by atoms with van der Waals surface area (Å²) in [6.07, 6.45) is 0.943. The predicted molar refractivity (Wildman–Crippen MR) is 54.9 cm³/mol. The Hall–Kier alpha value is -1.51. The van der Waals surface area contributed by atoms with Gasteiger partial charge in [0.25, 0.3) is 0 Å². The molecule has 1 aliphatic heterocycles. The first-order valence-corrected chi connectivity index (χ1v) is 4.93. The van der Waals surface area contributed by atoms with Crippen LogP contribution in [0.3, 0.4) is 0 Å². The molecule has 1 aromatic carbocycles. The summed E-state index contributed by atoms with van der Waals surface area (Å²) in [5.41, 5.74) is 1.16. The van der Waals surface area contributed by atoms with E-state index in [2.05, 4.69) is 17.6 Å². The molecule has 2 amide bonds. The number of benzene rings is 1. The normalized spacial score (nSPS) is 25.6. The Morgan fingerprint density at radius 3 is 2.57 bits per heavy atom. The van der Waals surface area contributed by atoms with E-state index in [1.54, 1.807) is 0 Å². The van der Waals surface area contributed by atoms with E-state index < -0.39 is 0 Å². The summed E-state index contributed by atoms with van der Waals surface area (Å²) in [7, 11) is 0. The van der Waals surface area contributed by atoms with Crippen molar-refractivity contribution < 1.29 is 4.79 Å². The van der Waals surface area contributed by atoms with E-state index in [1.807, 2.05) is 30.3 Å². The molecule has 2 atom stereocenters. The van der Waals surface area contributed by atoms with Crippen molar-refractivity contribution in [2.24, 2.45) is 0 Å². The number of amides is 2. The molecular weight excluding hydrogens is 176 g/mol. The van der Waals surface area contributed by atoms with Gasteiger partial charge in [0, 0.05) is 0 Å². The van der Waals surface area contributed by atoms with E-state index >= 15 is 0 Å². The zero-order valence-electron chi connectivity index (χ0n) is 8.16. The van der Waals surface area contributed by atoms with Crippen molar-refractivity contribution in [3.63, 3.8) is 0 Å². The highest BCUT2D eigenvalue weighted by molar-refractivity contribution is 5.77. The Balaban J connectivity index is 2.22. The van der Waals surface area contributed by atoms with Crippen LogP contribution < -0.4 is 10.6 Å². The zero-order chi connectivity index (χ0) is 9.97. The van der Waals surface area contributed by atoms with E-state index in [0.717, 1.165) is 12.0 Å². The first-order valence-electron chi connectivity index (χ1n) is 4.93. The number of carbonyl (C=O) groups excluding carboxylic acids is 1. The quantitative estimate of drug-likeness (QED) is 0.733. The van der Waals surface area contributed by atoms with Gasteiger partial charge in [0.2, 0.25) is 0 Å². The molecule has 1 fully saturated rings. The van der Waals surface area contributed by atoms with Crippen molar-refractivity contribution >= 4 is 6.03 Å². The molecule has 1 saturated heterocycles. The third kappa shape index (κ3) is 1.58. The molecule has 3 heteroatoms. The lowest BCUT2D eigenvalue weighted by Gasteiger charge is -2.16. The smallest absolute Gasteiger partial charge is 0.315 e. The van der Waals surface area contributed by atoms with Gasteiger partial charge in [-0.1, -0.05) is 37.3 Å². The predicted octanol–water partition coefficient (Wildman–Crippen LogP) is 1.82. The lowest BCUT2D eigenvalue weighted by atomic mass is 9.99. The van der Waals surface area contributed by atoms with Gasteiger partial charge in [-0.05, 0) is 12.0 Å². The standard InChI is InChI=1S/C11H14N2O/c1-2-9-10(13-11(14)12-9)8-6-4-3-5-7-8/h3-7,9-10H,2H2,1H3,(H2,12,13,14). The molecule has 1 aliphatic rings. The van der Waals surface area contributed by atoms with Crippen LogP contribution in [-0.4, -0.2) is 12.1 Å². The van der Waals surface area contributed by atoms with E-state index in [-0.39, 0.29) is 18.1 Å². The summed E-state index contributed by atoms with van der Waals surface area (Å²) >= 11 is 0. The Labute approximate surface area is 83.5 Å². The average Bonchev–Trinajstić information content (AvgIpc) is 2.61. The highest BCUT2D eigenvalue weighted by atomic mass is 16.2. The minimum absolute atomic E-state index is 0.0642. The largest absolute Gasteiger partial charge is 0.333 e. The summed E-state index contributed by atoms with van der Waals surface area (Å²) in [6, 6.07) is 10.3. The topological polar surface area (TPSA) is 41.1 Å². The van der Waals surface area contributed by atoms with Crippen LogP contribution in [0.5, 0.6) is 0 Å². The number of carbonyl (C=O) groups is 1. The second-order valence-corrected chi connectivity index (χ2v) is 3.52. The first-order chi connectivity index (χ1) is 6.81. The van der Waals surface area contributed by atoms with Gasteiger partial charge >= 0.3 is 6.03 Å². The van der Waals surface area contributed by atoms with Crippen LogP contribution in [0.15, 0.2) is 30.3 Å². The molecule has 0 saturated carbocycles. The van der Waals surface area contributed by atoms with Crippen LogP contribution in [0.2, 0.25) is 0 Å². The fourth-order valence-corrected chi connectivity index (χ4v) is 1.85. The van der Waals surface area contributed by atoms with Crippen molar-refractivity contribution in [3.05, 3.63) is 35.9 Å². The van der Waals surface area contributed by atoms with E-state index in [4.69, 9.17) is 0 Å². The number of nitrogens with one attached hydrogen (secondary N) is 2. The van der Waals surface area contributed by atoms with Gasteiger partial charge in [0.15, 0.2) is 0 Å². The maximum atomic E-state index is 11.2. The second-order valence-electron chi connectivity index (χ2n) is 3.52. The monoisotopic (exact) mass is 190 g/mol. The van der Waals surface area contributed by atoms with Crippen LogP contribution in [0.1, 0.15) is 24.9 Å². The summed E-state index contributed by atoms with van der Waals surface area (Å²) < 4.78 is 0. The number of rotatable bonds is 2. The zero-order valence-corrected chi connectivity index (χ0v) is 8.16. The molecule has 2 unspecified atom stereocenters. The third-order valence-corrected chi connectivity index (χ3v) is 2.60. The molecule has 2 rings (SSSR count). The summed E-state index contributed by atoms with van der Waals surface area (Å²) in [5.74, 6) is 0. The molecule has 0 aromatic heterocycles. The van der Waals surface area contributed by atoms with Crippen molar-refractivity contribution in [2.75, 3.05) is 0 Å². The fourth-order valence-electron chi connectivity index (χ4n) is 1.85. The maximum absolute atomic E-state index is 11.2. The van der Waals surface area contributed by atoms with Gasteiger partial charge in [-0.25, -0.2) is 4.79 Å². The van der Waals surface area contributed by atoms with Crippen LogP contribution in [0.25, 0.3) is 0 Å². The molecule has 1 heterocycles. The lowest BCUT2D eigenvalue weighted by Crippen LogP contribution is -2.26. The van der Waals surface area contributed by atoms with Crippen molar-refractivity contribution in [3.8, 4) is 0 Å². The van der Waals surface area contributed by atoms with Gasteiger partial charge in [-0.15, -0.1) is 0 Å². The molecular formula is C11H14N2O. The average molecular weight is 190 g/mol. The van der Waals surface area contributed by atoms with Crippen LogP contribution in [0, 0.1) is 0 Å². The molecule has 0 bridgehead atoms. The van der Waals surface area contributed by atoms with Gasteiger partial charge in [-0.3, -0.25) is 0 Å². The Morgan fingerprint density at radius 1 is 1.21 bits per heavy atom. The number of urea groups is 1. The molecule has 0 spiro atoms. The van der Waals surface area contributed by atoms with E-state index in [0.29, 0.717) is 0 Å². The molecule has 74 valence electrons. The van der Waals surface area contributed by atoms with Gasteiger partial charge < -0.3 is 10.6 Å². The number of hydrogen-bond acceptors (Lipinski definition) is 1. The minimum atomic E-state index is -0.0642. The highest BCUT2D eigenvalue weighted by Gasteiger charge is 2.30. The molecule has 0 radical (unpaired) electrons. The molecule has 14 heavy (non-hydrogen) atoms. The first kappa shape index (κ1) is 9.06. The summed E-state index contributed by atoms with van der Waals surface area (Å²) in [5, 5.41) is 5.82. The highest BCUT2D eigenvalue weighted by Crippen LogP contribution is 2.22. The molecule has 2 N–H and O–H groups in total. The Bertz CT molecular complexity index is 323. The lowest BCUT2D eigenvalue weighted by molar-refractivity contribution is 0.247. The van der Waals surface area contributed by atoms with E-state index in [1.165, 1.54) is 0 Å². The summed E-state index contributed by atoms with van der Waals surface area (Å²) in [4.78, 5) is 11.2. The number of hydrogen-bond donors (Lipinski definition) is 2. The van der Waals surface area contributed by atoms with Crippen LogP contribution in [-0.2, 0) is 0 Å².